The maximum atomic E-state index is 12.1. The van der Waals surface area contributed by atoms with E-state index in [4.69, 9.17) is 0 Å². The molecular formula is C17H32N2O2. The predicted octanol–water partition coefficient (Wildman–Crippen LogP) is 3.11. The molecule has 2 amide bonds. The van der Waals surface area contributed by atoms with Crippen LogP contribution in [0.15, 0.2) is 0 Å². The van der Waals surface area contributed by atoms with Crippen LogP contribution in [0, 0.1) is 5.92 Å². The molecule has 1 aliphatic heterocycles. The lowest BCUT2D eigenvalue weighted by Crippen LogP contribution is -2.60. The summed E-state index contributed by atoms with van der Waals surface area (Å²) >= 11 is 0. The molecule has 0 radical (unpaired) electrons. The minimum absolute atomic E-state index is 0.0203. The Morgan fingerprint density at radius 2 is 1.71 bits per heavy atom. The van der Waals surface area contributed by atoms with Crippen LogP contribution in [-0.2, 0) is 9.59 Å². The first-order valence-corrected chi connectivity index (χ1v) is 8.69. The van der Waals surface area contributed by atoms with Crippen molar-refractivity contribution in [2.45, 2.75) is 78.2 Å². The van der Waals surface area contributed by atoms with Gasteiger partial charge in [0, 0.05) is 6.54 Å². The van der Waals surface area contributed by atoms with E-state index in [1.165, 1.54) is 32.1 Å². The lowest BCUT2D eigenvalue weighted by Gasteiger charge is -2.38. The number of carbonyl (C=O) groups is 2. The molecule has 1 N–H and O–H groups in total. The van der Waals surface area contributed by atoms with Crippen LogP contribution in [0.2, 0.25) is 0 Å². The molecule has 1 fully saturated rings. The van der Waals surface area contributed by atoms with E-state index in [-0.39, 0.29) is 30.3 Å². The second-order valence-corrected chi connectivity index (χ2v) is 6.26. The Bertz CT molecular complexity index is 331. The van der Waals surface area contributed by atoms with Gasteiger partial charge in [-0.2, -0.15) is 0 Å². The van der Waals surface area contributed by atoms with Crippen LogP contribution in [0.4, 0.5) is 0 Å². The van der Waals surface area contributed by atoms with Crippen LogP contribution in [-0.4, -0.2) is 35.8 Å². The van der Waals surface area contributed by atoms with E-state index in [1.54, 1.807) is 0 Å². The number of nitrogens with zero attached hydrogens (tertiary/aromatic N) is 1. The van der Waals surface area contributed by atoms with Crippen molar-refractivity contribution in [3.63, 3.8) is 0 Å². The summed E-state index contributed by atoms with van der Waals surface area (Å²) in [7, 11) is 0. The van der Waals surface area contributed by atoms with Crippen LogP contribution in [0.5, 0.6) is 0 Å². The molecule has 0 aromatic heterocycles. The van der Waals surface area contributed by atoms with Crippen molar-refractivity contribution in [1.82, 2.24) is 10.2 Å². The Kier molecular flexibility index (Phi) is 8.40. The first kappa shape index (κ1) is 18.0. The third-order valence-electron chi connectivity index (χ3n) is 4.52. The molecule has 0 bridgehead atoms. The number of piperazine rings is 1. The Labute approximate surface area is 129 Å². The summed E-state index contributed by atoms with van der Waals surface area (Å²) in [6, 6.07) is -0.267. The molecule has 2 unspecified atom stereocenters. The third-order valence-corrected chi connectivity index (χ3v) is 4.52. The Morgan fingerprint density at radius 3 is 2.33 bits per heavy atom. The second-order valence-electron chi connectivity index (χ2n) is 6.26. The van der Waals surface area contributed by atoms with E-state index in [9.17, 15) is 9.59 Å². The highest BCUT2D eigenvalue weighted by Gasteiger charge is 2.36. The Balaban J connectivity index is 2.38. The van der Waals surface area contributed by atoms with Gasteiger partial charge >= 0.3 is 0 Å². The normalized spacial score (nSPS) is 20.5. The van der Waals surface area contributed by atoms with Crippen LogP contribution in [0.3, 0.4) is 0 Å². The van der Waals surface area contributed by atoms with E-state index in [2.05, 4.69) is 26.1 Å². The highest BCUT2D eigenvalue weighted by Crippen LogP contribution is 2.19. The molecule has 1 rings (SSSR count). The van der Waals surface area contributed by atoms with Gasteiger partial charge in [-0.25, -0.2) is 0 Å². The summed E-state index contributed by atoms with van der Waals surface area (Å²) < 4.78 is 0. The number of amides is 2. The molecule has 122 valence electrons. The van der Waals surface area contributed by atoms with Crippen LogP contribution in [0.25, 0.3) is 0 Å². The van der Waals surface area contributed by atoms with E-state index in [0.717, 1.165) is 25.8 Å². The van der Waals surface area contributed by atoms with Gasteiger partial charge in [-0.05, 0) is 12.3 Å². The average Bonchev–Trinajstić information content (AvgIpc) is 2.49. The van der Waals surface area contributed by atoms with Crippen molar-refractivity contribution >= 4 is 11.8 Å². The van der Waals surface area contributed by atoms with Crippen molar-refractivity contribution in [3.8, 4) is 0 Å². The monoisotopic (exact) mass is 296 g/mol. The van der Waals surface area contributed by atoms with Gasteiger partial charge in [0.2, 0.25) is 11.8 Å². The first-order chi connectivity index (χ1) is 10.1. The Hall–Kier alpha value is -1.06. The molecular weight excluding hydrogens is 264 g/mol. The van der Waals surface area contributed by atoms with Crippen molar-refractivity contribution in [2.24, 2.45) is 5.92 Å². The molecule has 4 nitrogen and oxygen atoms in total. The third kappa shape index (κ3) is 5.68. The molecule has 0 aliphatic carbocycles. The highest BCUT2D eigenvalue weighted by atomic mass is 16.2. The molecule has 1 aliphatic rings. The zero-order chi connectivity index (χ0) is 15.7. The highest BCUT2D eigenvalue weighted by molar-refractivity contribution is 5.94. The largest absolute Gasteiger partial charge is 0.345 e. The van der Waals surface area contributed by atoms with E-state index < -0.39 is 0 Å². The second kappa shape index (κ2) is 9.80. The van der Waals surface area contributed by atoms with Crippen molar-refractivity contribution in [3.05, 3.63) is 0 Å². The molecule has 0 spiro atoms. The fourth-order valence-electron chi connectivity index (χ4n) is 2.96. The van der Waals surface area contributed by atoms with E-state index in [1.807, 2.05) is 4.90 Å². The lowest BCUT2D eigenvalue weighted by molar-refractivity contribution is -0.147. The van der Waals surface area contributed by atoms with Crippen LogP contribution in [0.1, 0.15) is 72.1 Å². The van der Waals surface area contributed by atoms with Gasteiger partial charge < -0.3 is 10.2 Å². The maximum absolute atomic E-state index is 12.1. The fraction of sp³-hybridized carbons (Fsp3) is 0.882. The summed E-state index contributed by atoms with van der Waals surface area (Å²) in [5.74, 6) is 0.316. The Morgan fingerprint density at radius 1 is 1.10 bits per heavy atom. The zero-order valence-corrected chi connectivity index (χ0v) is 14.0. The zero-order valence-electron chi connectivity index (χ0n) is 14.0. The number of nitrogens with one attached hydrogen (secondary N) is 1. The molecule has 0 aromatic carbocycles. The number of carbonyl (C=O) groups excluding carboxylic acids is 2. The maximum Gasteiger partial charge on any atom is 0.243 e. The summed E-state index contributed by atoms with van der Waals surface area (Å²) in [5, 5.41) is 2.72. The number of hydrogen-bond acceptors (Lipinski definition) is 2. The average molecular weight is 296 g/mol. The SMILES string of the molecule is CCCCCCCCCN1C(=O)CNC(=O)C1C(C)CC. The fourth-order valence-corrected chi connectivity index (χ4v) is 2.96. The van der Waals surface area contributed by atoms with E-state index >= 15 is 0 Å². The molecule has 0 saturated carbocycles. The van der Waals surface area contributed by atoms with Gasteiger partial charge in [-0.3, -0.25) is 9.59 Å². The van der Waals surface area contributed by atoms with Crippen LogP contribution < -0.4 is 5.32 Å². The first-order valence-electron chi connectivity index (χ1n) is 8.69. The molecule has 0 aromatic rings. The number of hydrogen-bond donors (Lipinski definition) is 1. The standard InChI is InChI=1S/C17H32N2O2/c1-4-6-7-8-9-10-11-12-19-15(20)13-18-17(21)16(19)14(3)5-2/h14,16H,4-13H2,1-3H3,(H,18,21). The number of unbranched alkanes of at least 4 members (excludes halogenated alkanes) is 6. The molecule has 21 heavy (non-hydrogen) atoms. The van der Waals surface area contributed by atoms with Gasteiger partial charge in [0.15, 0.2) is 0 Å². The lowest BCUT2D eigenvalue weighted by atomic mass is 9.94. The molecule has 1 heterocycles. The molecule has 4 heteroatoms. The van der Waals surface area contributed by atoms with Gasteiger partial charge in [0.05, 0.1) is 6.54 Å². The van der Waals surface area contributed by atoms with Crippen molar-refractivity contribution < 1.29 is 9.59 Å². The summed E-state index contributed by atoms with van der Waals surface area (Å²) in [6.07, 6.45) is 9.52. The summed E-state index contributed by atoms with van der Waals surface area (Å²) in [6.45, 7) is 7.25. The van der Waals surface area contributed by atoms with Crippen molar-refractivity contribution in [2.75, 3.05) is 13.1 Å². The van der Waals surface area contributed by atoms with Crippen LogP contribution >= 0.6 is 0 Å². The summed E-state index contributed by atoms with van der Waals surface area (Å²) in [5.41, 5.74) is 0. The summed E-state index contributed by atoms with van der Waals surface area (Å²) in [4.78, 5) is 26.0. The van der Waals surface area contributed by atoms with E-state index in [0.29, 0.717) is 0 Å². The van der Waals surface area contributed by atoms with Gasteiger partial charge in [-0.15, -0.1) is 0 Å². The quantitative estimate of drug-likeness (QED) is 0.630. The topological polar surface area (TPSA) is 49.4 Å². The van der Waals surface area contributed by atoms with Crippen molar-refractivity contribution in [1.29, 1.82) is 0 Å². The molecule has 1 saturated heterocycles. The van der Waals surface area contributed by atoms with Gasteiger partial charge in [-0.1, -0.05) is 65.7 Å². The predicted molar refractivity (Wildman–Crippen MR) is 86.0 cm³/mol. The van der Waals surface area contributed by atoms with Gasteiger partial charge in [0.1, 0.15) is 6.04 Å². The van der Waals surface area contributed by atoms with Gasteiger partial charge in [0.25, 0.3) is 0 Å². The number of rotatable bonds is 10. The minimum Gasteiger partial charge on any atom is -0.345 e. The minimum atomic E-state index is -0.267. The smallest absolute Gasteiger partial charge is 0.243 e. The molecule has 2 atom stereocenters.